The maximum absolute atomic E-state index is 12.3. The van der Waals surface area contributed by atoms with Crippen LogP contribution in [0.3, 0.4) is 0 Å². The number of carbonyl (C=O) groups excluding carboxylic acids is 1. The lowest BCUT2D eigenvalue weighted by atomic mass is 10.1. The zero-order valence-electron chi connectivity index (χ0n) is 13.0. The SMILES string of the molecule is C=C(C)Cc1c(C)nn(C(=O)COc2ccc(Cl)cc2)c1C. The zero-order chi connectivity index (χ0) is 16.3. The van der Waals surface area contributed by atoms with Crippen molar-refractivity contribution in [2.75, 3.05) is 6.61 Å². The van der Waals surface area contributed by atoms with E-state index < -0.39 is 0 Å². The number of halogens is 1. The van der Waals surface area contributed by atoms with Crippen LogP contribution in [0.2, 0.25) is 5.02 Å². The van der Waals surface area contributed by atoms with Gasteiger partial charge < -0.3 is 4.74 Å². The van der Waals surface area contributed by atoms with Gasteiger partial charge >= 0.3 is 0 Å². The minimum absolute atomic E-state index is 0.0733. The molecule has 0 fully saturated rings. The third kappa shape index (κ3) is 3.77. The molecule has 0 aliphatic carbocycles. The number of hydrogen-bond donors (Lipinski definition) is 0. The minimum Gasteiger partial charge on any atom is -0.484 e. The Balaban J connectivity index is 2.09. The van der Waals surface area contributed by atoms with Crippen molar-refractivity contribution in [2.24, 2.45) is 0 Å². The first-order valence-electron chi connectivity index (χ1n) is 6.99. The molecule has 0 N–H and O–H groups in total. The summed E-state index contributed by atoms with van der Waals surface area (Å²) in [6.45, 7) is 9.58. The van der Waals surface area contributed by atoms with Gasteiger partial charge in [-0.25, -0.2) is 4.68 Å². The second kappa shape index (κ2) is 6.79. The van der Waals surface area contributed by atoms with Crippen LogP contribution in [-0.4, -0.2) is 22.3 Å². The predicted molar refractivity (Wildman–Crippen MR) is 87.8 cm³/mol. The lowest BCUT2D eigenvalue weighted by molar-refractivity contribution is 0.0818. The summed E-state index contributed by atoms with van der Waals surface area (Å²) in [5.74, 6) is 0.393. The molecule has 116 valence electrons. The molecule has 0 aliphatic rings. The van der Waals surface area contributed by atoms with Crippen LogP contribution in [0.25, 0.3) is 0 Å². The first kappa shape index (κ1) is 16.3. The number of rotatable bonds is 5. The first-order chi connectivity index (χ1) is 10.4. The van der Waals surface area contributed by atoms with Crippen LogP contribution >= 0.6 is 11.6 Å². The number of ether oxygens (including phenoxy) is 1. The highest BCUT2D eigenvalue weighted by atomic mass is 35.5. The molecule has 1 aromatic carbocycles. The Morgan fingerprint density at radius 3 is 2.55 bits per heavy atom. The Bertz CT molecular complexity index is 702. The molecule has 2 rings (SSSR count). The van der Waals surface area contributed by atoms with Gasteiger partial charge in [-0.1, -0.05) is 23.8 Å². The summed E-state index contributed by atoms with van der Waals surface area (Å²) in [6, 6.07) is 6.89. The molecule has 1 heterocycles. The molecular weight excluding hydrogens is 300 g/mol. The fourth-order valence-corrected chi connectivity index (χ4v) is 2.34. The molecule has 2 aromatic rings. The maximum Gasteiger partial charge on any atom is 0.284 e. The Morgan fingerprint density at radius 1 is 1.32 bits per heavy atom. The minimum atomic E-state index is -0.205. The Labute approximate surface area is 135 Å². The van der Waals surface area contributed by atoms with Gasteiger partial charge in [0.15, 0.2) is 6.61 Å². The van der Waals surface area contributed by atoms with E-state index in [1.165, 1.54) is 4.68 Å². The second-order valence-corrected chi connectivity index (χ2v) is 5.77. The van der Waals surface area contributed by atoms with E-state index in [0.29, 0.717) is 10.8 Å². The van der Waals surface area contributed by atoms with Crippen molar-refractivity contribution in [1.29, 1.82) is 0 Å². The lowest BCUT2D eigenvalue weighted by Gasteiger charge is -2.07. The molecule has 22 heavy (non-hydrogen) atoms. The molecule has 5 heteroatoms. The van der Waals surface area contributed by atoms with E-state index in [4.69, 9.17) is 16.3 Å². The van der Waals surface area contributed by atoms with Crippen LogP contribution < -0.4 is 4.74 Å². The van der Waals surface area contributed by atoms with E-state index in [1.807, 2.05) is 20.8 Å². The first-order valence-corrected chi connectivity index (χ1v) is 7.37. The number of aryl methyl sites for hydroxylation is 1. The molecule has 0 radical (unpaired) electrons. The summed E-state index contributed by atoms with van der Waals surface area (Å²) in [7, 11) is 0. The van der Waals surface area contributed by atoms with Crippen molar-refractivity contribution in [3.05, 3.63) is 58.4 Å². The largest absolute Gasteiger partial charge is 0.484 e. The molecule has 0 saturated carbocycles. The van der Waals surface area contributed by atoms with Crippen molar-refractivity contribution in [2.45, 2.75) is 27.2 Å². The summed E-state index contributed by atoms with van der Waals surface area (Å²) in [4.78, 5) is 12.3. The molecule has 0 atom stereocenters. The summed E-state index contributed by atoms with van der Waals surface area (Å²) >= 11 is 5.81. The Kier molecular flexibility index (Phi) is 5.03. The van der Waals surface area contributed by atoms with E-state index in [-0.39, 0.29) is 12.5 Å². The van der Waals surface area contributed by atoms with Crippen LogP contribution in [0.4, 0.5) is 0 Å². The van der Waals surface area contributed by atoms with Crippen molar-refractivity contribution in [3.63, 3.8) is 0 Å². The van der Waals surface area contributed by atoms with Crippen LogP contribution in [0.5, 0.6) is 5.75 Å². The molecule has 1 aromatic heterocycles. The van der Waals surface area contributed by atoms with Crippen molar-refractivity contribution < 1.29 is 9.53 Å². The van der Waals surface area contributed by atoms with E-state index in [1.54, 1.807) is 24.3 Å². The topological polar surface area (TPSA) is 44.1 Å². The van der Waals surface area contributed by atoms with Gasteiger partial charge in [-0.3, -0.25) is 4.79 Å². The van der Waals surface area contributed by atoms with Gasteiger partial charge in [0.05, 0.1) is 5.69 Å². The fraction of sp³-hybridized carbons (Fsp3) is 0.294. The van der Waals surface area contributed by atoms with Gasteiger partial charge in [0.25, 0.3) is 5.91 Å². The number of benzene rings is 1. The molecule has 0 saturated heterocycles. The van der Waals surface area contributed by atoms with Gasteiger partial charge in [-0.15, -0.1) is 0 Å². The van der Waals surface area contributed by atoms with Gasteiger partial charge in [-0.05, 0) is 51.5 Å². The van der Waals surface area contributed by atoms with Gasteiger partial charge in [-0.2, -0.15) is 5.10 Å². The highest BCUT2D eigenvalue weighted by Gasteiger charge is 2.16. The Hall–Kier alpha value is -2.07. The van der Waals surface area contributed by atoms with Gasteiger partial charge in [0, 0.05) is 16.3 Å². The zero-order valence-corrected chi connectivity index (χ0v) is 13.8. The molecule has 0 aliphatic heterocycles. The van der Waals surface area contributed by atoms with Crippen molar-refractivity contribution in [1.82, 2.24) is 9.78 Å². The predicted octanol–water partition coefficient (Wildman–Crippen LogP) is 3.99. The maximum atomic E-state index is 12.3. The summed E-state index contributed by atoms with van der Waals surface area (Å²) in [5, 5.41) is 4.94. The van der Waals surface area contributed by atoms with E-state index in [0.717, 1.165) is 28.9 Å². The van der Waals surface area contributed by atoms with E-state index >= 15 is 0 Å². The highest BCUT2D eigenvalue weighted by molar-refractivity contribution is 6.30. The molecule has 0 amide bonds. The standard InChI is InChI=1S/C17H19ClN2O2/c1-11(2)9-16-12(3)19-20(13(16)4)17(21)10-22-15-7-5-14(18)6-8-15/h5-8H,1,9-10H2,2-4H3. The van der Waals surface area contributed by atoms with E-state index in [2.05, 4.69) is 11.7 Å². The summed E-state index contributed by atoms with van der Waals surface area (Å²) in [5.41, 5.74) is 3.77. The second-order valence-electron chi connectivity index (χ2n) is 5.33. The number of allylic oxidation sites excluding steroid dienone is 1. The quantitative estimate of drug-likeness (QED) is 0.783. The summed E-state index contributed by atoms with van der Waals surface area (Å²) < 4.78 is 6.88. The smallest absolute Gasteiger partial charge is 0.284 e. The summed E-state index contributed by atoms with van der Waals surface area (Å²) in [6.07, 6.45) is 0.725. The number of aromatic nitrogens is 2. The van der Waals surface area contributed by atoms with Crippen LogP contribution in [-0.2, 0) is 6.42 Å². The van der Waals surface area contributed by atoms with Gasteiger partial charge in [0.2, 0.25) is 0 Å². The molecule has 0 spiro atoms. The third-order valence-electron chi connectivity index (χ3n) is 3.33. The fourth-order valence-electron chi connectivity index (χ4n) is 2.21. The normalized spacial score (nSPS) is 10.5. The van der Waals surface area contributed by atoms with Crippen LogP contribution in [0, 0.1) is 13.8 Å². The van der Waals surface area contributed by atoms with Gasteiger partial charge in [0.1, 0.15) is 5.75 Å². The number of nitrogens with zero attached hydrogens (tertiary/aromatic N) is 2. The van der Waals surface area contributed by atoms with Crippen molar-refractivity contribution in [3.8, 4) is 5.75 Å². The highest BCUT2D eigenvalue weighted by Crippen LogP contribution is 2.18. The average molecular weight is 319 g/mol. The Morgan fingerprint density at radius 2 is 1.95 bits per heavy atom. The average Bonchev–Trinajstić information content (AvgIpc) is 2.74. The molecule has 4 nitrogen and oxygen atoms in total. The van der Waals surface area contributed by atoms with Crippen LogP contribution in [0.15, 0.2) is 36.4 Å². The number of carbonyl (C=O) groups is 1. The monoisotopic (exact) mass is 318 g/mol. The molecular formula is C17H19ClN2O2. The number of hydrogen-bond acceptors (Lipinski definition) is 3. The lowest BCUT2D eigenvalue weighted by Crippen LogP contribution is -2.21. The molecule has 0 bridgehead atoms. The third-order valence-corrected chi connectivity index (χ3v) is 3.58. The van der Waals surface area contributed by atoms with Crippen LogP contribution in [0.1, 0.15) is 28.7 Å². The van der Waals surface area contributed by atoms with E-state index in [9.17, 15) is 4.79 Å². The van der Waals surface area contributed by atoms with Crippen molar-refractivity contribution >= 4 is 17.5 Å². The molecule has 0 unspecified atom stereocenters.